The lowest BCUT2D eigenvalue weighted by Gasteiger charge is -2.41. The number of ether oxygens (including phenoxy) is 1. The smallest absolute Gasteiger partial charge is 0.329 e. The van der Waals surface area contributed by atoms with Crippen molar-refractivity contribution in [2.75, 3.05) is 10.6 Å². The zero-order valence-electron chi connectivity index (χ0n) is 11.7. The molecule has 0 aromatic heterocycles. The molecule has 0 saturated carbocycles. The third-order valence-corrected chi connectivity index (χ3v) is 3.47. The molecule has 0 aliphatic carbocycles. The molecule has 1 amide bonds. The van der Waals surface area contributed by atoms with Crippen molar-refractivity contribution in [1.82, 2.24) is 0 Å². The van der Waals surface area contributed by atoms with E-state index in [9.17, 15) is 14.7 Å². The number of hydrogen-bond acceptors (Lipinski definition) is 4. The molecular formula is C14H18N2O4. The molecule has 1 aliphatic heterocycles. The Bertz CT molecular complexity index is 568. The van der Waals surface area contributed by atoms with E-state index in [1.54, 1.807) is 18.2 Å². The van der Waals surface area contributed by atoms with Crippen molar-refractivity contribution in [1.29, 1.82) is 0 Å². The largest absolute Gasteiger partial charge is 0.480 e. The predicted molar refractivity (Wildman–Crippen MR) is 74.8 cm³/mol. The fraction of sp³-hybridized carbons (Fsp3) is 0.429. The summed E-state index contributed by atoms with van der Waals surface area (Å²) in [4.78, 5) is 25.2. The van der Waals surface area contributed by atoms with Crippen molar-refractivity contribution in [3.05, 3.63) is 18.2 Å². The van der Waals surface area contributed by atoms with Gasteiger partial charge in [-0.25, -0.2) is 4.79 Å². The summed E-state index contributed by atoms with van der Waals surface area (Å²) in [6.07, 6.45) is -0.234. The number of carboxylic acids is 1. The Labute approximate surface area is 117 Å². The van der Waals surface area contributed by atoms with Gasteiger partial charge >= 0.3 is 5.97 Å². The molecule has 6 nitrogen and oxygen atoms in total. The fourth-order valence-corrected chi connectivity index (χ4v) is 2.24. The molecule has 0 spiro atoms. The molecule has 1 unspecified atom stereocenters. The summed E-state index contributed by atoms with van der Waals surface area (Å²) in [5.74, 6) is -1.05. The molecular weight excluding hydrogens is 260 g/mol. The number of para-hydroxylation sites is 1. The number of carboxylic acid groups (broad SMARTS) is 1. The summed E-state index contributed by atoms with van der Waals surface area (Å²) in [6.45, 7) is 4.76. The quantitative estimate of drug-likeness (QED) is 0.820. The van der Waals surface area contributed by atoms with E-state index in [-0.39, 0.29) is 5.91 Å². The monoisotopic (exact) mass is 278 g/mol. The van der Waals surface area contributed by atoms with E-state index in [2.05, 4.69) is 0 Å². The van der Waals surface area contributed by atoms with Gasteiger partial charge in [-0.15, -0.1) is 0 Å². The van der Waals surface area contributed by atoms with E-state index in [1.165, 1.54) is 18.7 Å². The number of carbonyl (C=O) groups is 2. The third-order valence-electron chi connectivity index (χ3n) is 3.47. The van der Waals surface area contributed by atoms with Crippen LogP contribution in [-0.4, -0.2) is 28.6 Å². The Morgan fingerprint density at radius 1 is 1.50 bits per heavy atom. The summed E-state index contributed by atoms with van der Waals surface area (Å²) in [7, 11) is 0. The molecule has 1 atom stereocenters. The summed E-state index contributed by atoms with van der Waals surface area (Å²) >= 11 is 0. The maximum atomic E-state index is 12.5. The molecule has 1 heterocycles. The van der Waals surface area contributed by atoms with Crippen molar-refractivity contribution in [3.8, 4) is 5.75 Å². The van der Waals surface area contributed by atoms with Gasteiger partial charge in [0.15, 0.2) is 6.10 Å². The van der Waals surface area contributed by atoms with Gasteiger partial charge < -0.3 is 15.6 Å². The number of rotatable bonds is 3. The van der Waals surface area contributed by atoms with Crippen molar-refractivity contribution >= 4 is 23.3 Å². The average Bonchev–Trinajstić information content (AvgIpc) is 2.38. The SMILES string of the molecule is CCC1Oc2cccc(N)c2N(C(C)(C)C(=O)O)C1=O. The van der Waals surface area contributed by atoms with Gasteiger partial charge in [-0.1, -0.05) is 13.0 Å². The van der Waals surface area contributed by atoms with Crippen LogP contribution in [0.5, 0.6) is 5.75 Å². The second kappa shape index (κ2) is 4.70. The molecule has 0 saturated heterocycles. The number of hydrogen-bond donors (Lipinski definition) is 2. The molecule has 2 rings (SSSR count). The second-order valence-corrected chi connectivity index (χ2v) is 5.25. The fourth-order valence-electron chi connectivity index (χ4n) is 2.24. The summed E-state index contributed by atoms with van der Waals surface area (Å²) < 4.78 is 5.62. The normalized spacial score (nSPS) is 18.4. The first kappa shape index (κ1) is 14.2. The number of fused-ring (bicyclic) bond motifs is 1. The van der Waals surface area contributed by atoms with Crippen molar-refractivity contribution in [3.63, 3.8) is 0 Å². The first-order valence-corrected chi connectivity index (χ1v) is 6.43. The van der Waals surface area contributed by atoms with E-state index in [4.69, 9.17) is 10.5 Å². The molecule has 3 N–H and O–H groups in total. The van der Waals surface area contributed by atoms with E-state index in [1.807, 2.05) is 6.92 Å². The lowest BCUT2D eigenvalue weighted by Crippen LogP contribution is -2.59. The first-order valence-electron chi connectivity index (χ1n) is 6.43. The summed E-state index contributed by atoms with van der Waals surface area (Å²) in [6, 6.07) is 5.01. The van der Waals surface area contributed by atoms with Crippen molar-refractivity contribution in [2.45, 2.75) is 38.8 Å². The number of nitrogens with zero attached hydrogens (tertiary/aromatic N) is 1. The third kappa shape index (κ3) is 1.97. The minimum atomic E-state index is -1.40. The Balaban J connectivity index is 2.65. The Kier molecular flexibility index (Phi) is 3.33. The molecule has 108 valence electrons. The number of carbonyl (C=O) groups excluding carboxylic acids is 1. The van der Waals surface area contributed by atoms with Crippen molar-refractivity contribution in [2.24, 2.45) is 0 Å². The minimum absolute atomic E-state index is 0.319. The van der Waals surface area contributed by atoms with Gasteiger partial charge in [-0.05, 0) is 32.4 Å². The van der Waals surface area contributed by atoms with E-state index in [0.29, 0.717) is 23.5 Å². The highest BCUT2D eigenvalue weighted by molar-refractivity contribution is 6.08. The van der Waals surface area contributed by atoms with Gasteiger partial charge in [0.1, 0.15) is 17.0 Å². The number of amides is 1. The zero-order valence-corrected chi connectivity index (χ0v) is 11.7. The van der Waals surface area contributed by atoms with Crippen LogP contribution in [0.3, 0.4) is 0 Å². The Morgan fingerprint density at radius 2 is 2.15 bits per heavy atom. The number of nitrogen functional groups attached to an aromatic ring is 1. The summed E-state index contributed by atoms with van der Waals surface area (Å²) in [5.41, 5.74) is 5.15. The van der Waals surface area contributed by atoms with Crippen LogP contribution in [0.25, 0.3) is 0 Å². The molecule has 20 heavy (non-hydrogen) atoms. The van der Waals surface area contributed by atoms with Gasteiger partial charge in [-0.3, -0.25) is 9.69 Å². The van der Waals surface area contributed by atoms with Gasteiger partial charge in [0.25, 0.3) is 5.91 Å². The van der Waals surface area contributed by atoms with Gasteiger partial charge in [0, 0.05) is 0 Å². The minimum Gasteiger partial charge on any atom is -0.480 e. The molecule has 0 fully saturated rings. The number of nitrogens with two attached hydrogens (primary N) is 1. The maximum absolute atomic E-state index is 12.5. The van der Waals surface area contributed by atoms with E-state index < -0.39 is 17.6 Å². The lowest BCUT2D eigenvalue weighted by molar-refractivity contribution is -0.145. The highest BCUT2D eigenvalue weighted by atomic mass is 16.5. The van der Waals surface area contributed by atoms with Crippen LogP contribution in [0.2, 0.25) is 0 Å². The van der Waals surface area contributed by atoms with Crippen LogP contribution in [0.15, 0.2) is 18.2 Å². The van der Waals surface area contributed by atoms with E-state index in [0.717, 1.165) is 0 Å². The van der Waals surface area contributed by atoms with Crippen LogP contribution in [0, 0.1) is 0 Å². The Hall–Kier alpha value is -2.24. The molecule has 1 aromatic rings. The van der Waals surface area contributed by atoms with Crippen LogP contribution in [-0.2, 0) is 9.59 Å². The zero-order chi connectivity index (χ0) is 15.1. The van der Waals surface area contributed by atoms with Crippen molar-refractivity contribution < 1.29 is 19.4 Å². The Morgan fingerprint density at radius 3 is 2.70 bits per heavy atom. The summed E-state index contributed by atoms with van der Waals surface area (Å²) in [5, 5.41) is 9.41. The topological polar surface area (TPSA) is 92.9 Å². The number of benzene rings is 1. The maximum Gasteiger partial charge on any atom is 0.329 e. The predicted octanol–water partition coefficient (Wildman–Crippen LogP) is 1.64. The molecule has 1 aliphatic rings. The molecule has 0 radical (unpaired) electrons. The molecule has 6 heteroatoms. The molecule has 1 aromatic carbocycles. The van der Waals surface area contributed by atoms with Gasteiger partial charge in [0.05, 0.1) is 5.69 Å². The average molecular weight is 278 g/mol. The number of aliphatic carboxylic acids is 1. The highest BCUT2D eigenvalue weighted by Gasteiger charge is 2.46. The number of anilines is 2. The lowest BCUT2D eigenvalue weighted by atomic mass is 9.98. The van der Waals surface area contributed by atoms with Gasteiger partial charge in [0.2, 0.25) is 0 Å². The van der Waals surface area contributed by atoms with E-state index >= 15 is 0 Å². The van der Waals surface area contributed by atoms with Gasteiger partial charge in [-0.2, -0.15) is 0 Å². The second-order valence-electron chi connectivity index (χ2n) is 5.25. The molecule has 0 bridgehead atoms. The van der Waals surface area contributed by atoms with Crippen LogP contribution in [0.4, 0.5) is 11.4 Å². The first-order chi connectivity index (χ1) is 9.30. The van der Waals surface area contributed by atoms with Crippen LogP contribution in [0.1, 0.15) is 27.2 Å². The van der Waals surface area contributed by atoms with Crippen LogP contribution >= 0.6 is 0 Å². The standard InChI is InChI=1S/C14H18N2O4/c1-4-9-12(17)16(14(2,3)13(18)19)11-8(15)6-5-7-10(11)20-9/h5-7,9H,4,15H2,1-3H3,(H,18,19). The highest BCUT2D eigenvalue weighted by Crippen LogP contribution is 2.42. The van der Waals surface area contributed by atoms with Crippen LogP contribution < -0.4 is 15.4 Å².